The van der Waals surface area contributed by atoms with Crippen molar-refractivity contribution in [3.63, 3.8) is 0 Å². The summed E-state index contributed by atoms with van der Waals surface area (Å²) in [5.41, 5.74) is 1.30. The molecule has 0 aromatic carbocycles. The zero-order valence-corrected chi connectivity index (χ0v) is 14.5. The molecule has 0 radical (unpaired) electrons. The van der Waals surface area contributed by atoms with Gasteiger partial charge in [0.25, 0.3) is 0 Å². The lowest BCUT2D eigenvalue weighted by molar-refractivity contribution is -0.142. The molecule has 0 aromatic heterocycles. The molecule has 2 unspecified atom stereocenters. The minimum absolute atomic E-state index is 0.144. The highest BCUT2D eigenvalue weighted by molar-refractivity contribution is 5.88. The Kier molecular flexibility index (Phi) is 6.49. The first kappa shape index (κ1) is 17.5. The van der Waals surface area contributed by atoms with Crippen molar-refractivity contribution in [3.05, 3.63) is 11.6 Å². The molecular weight excluding hydrogens is 276 g/mol. The third-order valence-electron chi connectivity index (χ3n) is 5.16. The van der Waals surface area contributed by atoms with E-state index >= 15 is 0 Å². The third kappa shape index (κ3) is 5.42. The van der Waals surface area contributed by atoms with Gasteiger partial charge in [0.1, 0.15) is 6.61 Å². The van der Waals surface area contributed by atoms with Crippen LogP contribution < -0.4 is 0 Å². The summed E-state index contributed by atoms with van der Waals surface area (Å²) in [5, 5.41) is 0. The fourth-order valence-corrected chi connectivity index (χ4v) is 3.78. The van der Waals surface area contributed by atoms with Gasteiger partial charge < -0.3 is 9.47 Å². The smallest absolute Gasteiger partial charge is 0.333 e. The van der Waals surface area contributed by atoms with E-state index in [-0.39, 0.29) is 12.1 Å². The average molecular weight is 308 g/mol. The van der Waals surface area contributed by atoms with Crippen molar-refractivity contribution in [2.75, 3.05) is 13.2 Å². The minimum Gasteiger partial charge on any atom is -0.460 e. The summed E-state index contributed by atoms with van der Waals surface area (Å²) in [7, 11) is 0. The number of allylic oxidation sites excluding steroid dienone is 1. The van der Waals surface area contributed by atoms with Crippen molar-refractivity contribution < 1.29 is 14.3 Å². The molecule has 0 saturated heterocycles. The van der Waals surface area contributed by atoms with Crippen LogP contribution in [0.4, 0.5) is 0 Å². The fourth-order valence-electron chi connectivity index (χ4n) is 3.78. The number of rotatable bonds is 6. The molecule has 0 amide bonds. The van der Waals surface area contributed by atoms with Crippen LogP contribution >= 0.6 is 0 Å². The molecule has 0 bridgehead atoms. The van der Waals surface area contributed by atoms with E-state index in [1.54, 1.807) is 0 Å². The number of carbonyl (C=O) groups is 1. The summed E-state index contributed by atoms with van der Waals surface area (Å²) in [6.07, 6.45) is 11.6. The Labute approximate surface area is 135 Å². The van der Waals surface area contributed by atoms with Gasteiger partial charge in [-0.2, -0.15) is 0 Å². The maximum atomic E-state index is 11.9. The Morgan fingerprint density at radius 2 is 2.14 bits per heavy atom. The van der Waals surface area contributed by atoms with E-state index < -0.39 is 0 Å². The number of carbonyl (C=O) groups excluding carboxylic acids is 1. The van der Waals surface area contributed by atoms with E-state index in [2.05, 4.69) is 20.8 Å². The second-order valence-corrected chi connectivity index (χ2v) is 7.71. The van der Waals surface area contributed by atoms with Crippen LogP contribution in [-0.2, 0) is 14.3 Å². The molecule has 2 aliphatic carbocycles. The van der Waals surface area contributed by atoms with Gasteiger partial charge in [-0.25, -0.2) is 4.79 Å². The van der Waals surface area contributed by atoms with E-state index in [1.807, 2.05) is 6.08 Å². The molecule has 2 aliphatic rings. The van der Waals surface area contributed by atoms with Crippen molar-refractivity contribution >= 4 is 5.97 Å². The lowest BCUT2D eigenvalue weighted by Gasteiger charge is -2.37. The summed E-state index contributed by atoms with van der Waals surface area (Å²) in [6, 6.07) is 0. The summed E-state index contributed by atoms with van der Waals surface area (Å²) in [5.74, 6) is 0.496. The molecule has 0 spiro atoms. The molecule has 0 N–H and O–H groups in total. The van der Waals surface area contributed by atoms with Crippen LogP contribution in [0.3, 0.4) is 0 Å². The van der Waals surface area contributed by atoms with Crippen LogP contribution in [0.15, 0.2) is 11.6 Å². The van der Waals surface area contributed by atoms with Crippen LogP contribution in [-0.4, -0.2) is 25.3 Å². The van der Waals surface area contributed by atoms with Crippen molar-refractivity contribution in [1.29, 1.82) is 0 Å². The standard InChI is InChI=1S/C19H32O3/c1-15(17-10-7-11-19(2,3)14-17)21-12-13-22-18(20)16-8-5-4-6-9-16/h8,15,17H,4-7,9-14H2,1-3H3. The second kappa shape index (κ2) is 8.14. The van der Waals surface area contributed by atoms with Crippen molar-refractivity contribution in [3.8, 4) is 0 Å². The maximum absolute atomic E-state index is 11.9. The Hall–Kier alpha value is -0.830. The lowest BCUT2D eigenvalue weighted by Crippen LogP contribution is -2.31. The van der Waals surface area contributed by atoms with Gasteiger partial charge in [0, 0.05) is 5.57 Å². The summed E-state index contributed by atoms with van der Waals surface area (Å²) in [6.45, 7) is 7.75. The Morgan fingerprint density at radius 3 is 2.82 bits per heavy atom. The minimum atomic E-state index is -0.144. The SMILES string of the molecule is CC(OCCOC(=O)C1=CCCCC1)C1CCCC(C)(C)C1. The number of ether oxygens (including phenoxy) is 2. The average Bonchev–Trinajstić information content (AvgIpc) is 2.51. The molecular formula is C19H32O3. The summed E-state index contributed by atoms with van der Waals surface area (Å²) >= 11 is 0. The molecule has 0 aliphatic heterocycles. The monoisotopic (exact) mass is 308 g/mol. The number of hydrogen-bond acceptors (Lipinski definition) is 3. The predicted octanol–water partition coefficient (Wildman–Crippen LogP) is 4.65. The number of hydrogen-bond donors (Lipinski definition) is 0. The van der Waals surface area contributed by atoms with Crippen LogP contribution in [0.25, 0.3) is 0 Å². The topological polar surface area (TPSA) is 35.5 Å². The van der Waals surface area contributed by atoms with Gasteiger partial charge in [0.2, 0.25) is 0 Å². The molecule has 1 saturated carbocycles. The highest BCUT2D eigenvalue weighted by Gasteiger charge is 2.31. The lowest BCUT2D eigenvalue weighted by atomic mass is 9.71. The van der Waals surface area contributed by atoms with Crippen LogP contribution in [0.5, 0.6) is 0 Å². The van der Waals surface area contributed by atoms with Gasteiger partial charge >= 0.3 is 5.97 Å². The predicted molar refractivity (Wildman–Crippen MR) is 88.7 cm³/mol. The molecule has 3 nitrogen and oxygen atoms in total. The van der Waals surface area contributed by atoms with Crippen LogP contribution in [0.1, 0.15) is 72.1 Å². The van der Waals surface area contributed by atoms with Gasteiger partial charge in [0.15, 0.2) is 0 Å². The zero-order valence-electron chi connectivity index (χ0n) is 14.5. The van der Waals surface area contributed by atoms with Crippen molar-refractivity contribution in [1.82, 2.24) is 0 Å². The maximum Gasteiger partial charge on any atom is 0.333 e. The van der Waals surface area contributed by atoms with Crippen molar-refractivity contribution in [2.45, 2.75) is 78.2 Å². The Balaban J connectivity index is 1.63. The molecule has 1 fully saturated rings. The molecule has 0 aromatic rings. The second-order valence-electron chi connectivity index (χ2n) is 7.71. The molecule has 2 atom stereocenters. The third-order valence-corrected chi connectivity index (χ3v) is 5.16. The highest BCUT2D eigenvalue weighted by Crippen LogP contribution is 2.40. The Bertz CT molecular complexity index is 397. The van der Waals surface area contributed by atoms with E-state index in [0.29, 0.717) is 24.5 Å². The highest BCUT2D eigenvalue weighted by atomic mass is 16.6. The van der Waals surface area contributed by atoms with Gasteiger partial charge in [-0.05, 0) is 63.2 Å². The van der Waals surface area contributed by atoms with Gasteiger partial charge in [-0.1, -0.05) is 26.3 Å². The number of esters is 1. The van der Waals surface area contributed by atoms with Crippen molar-refractivity contribution in [2.24, 2.45) is 11.3 Å². The first-order valence-corrected chi connectivity index (χ1v) is 8.96. The summed E-state index contributed by atoms with van der Waals surface area (Å²) in [4.78, 5) is 11.9. The van der Waals surface area contributed by atoms with E-state index in [4.69, 9.17) is 9.47 Å². The first-order valence-electron chi connectivity index (χ1n) is 8.96. The molecule has 126 valence electrons. The van der Waals surface area contributed by atoms with Gasteiger partial charge in [0.05, 0.1) is 12.7 Å². The zero-order chi connectivity index (χ0) is 16.0. The molecule has 22 heavy (non-hydrogen) atoms. The summed E-state index contributed by atoms with van der Waals surface area (Å²) < 4.78 is 11.2. The van der Waals surface area contributed by atoms with Gasteiger partial charge in [-0.3, -0.25) is 0 Å². The van der Waals surface area contributed by atoms with E-state index in [1.165, 1.54) is 32.1 Å². The quantitative estimate of drug-likeness (QED) is 0.529. The normalized spacial score (nSPS) is 26.1. The van der Waals surface area contributed by atoms with E-state index in [0.717, 1.165) is 24.8 Å². The van der Waals surface area contributed by atoms with E-state index in [9.17, 15) is 4.79 Å². The van der Waals surface area contributed by atoms with Crippen LogP contribution in [0, 0.1) is 11.3 Å². The molecule has 2 rings (SSSR count). The Morgan fingerprint density at radius 1 is 1.32 bits per heavy atom. The molecule has 3 heteroatoms. The first-order chi connectivity index (χ1) is 10.5. The molecule has 0 heterocycles. The van der Waals surface area contributed by atoms with Crippen LogP contribution in [0.2, 0.25) is 0 Å². The van der Waals surface area contributed by atoms with Gasteiger partial charge in [-0.15, -0.1) is 0 Å². The largest absolute Gasteiger partial charge is 0.460 e. The fraction of sp³-hybridized carbons (Fsp3) is 0.842.